The number of aliphatic hydroxyl groups excluding tert-OH is 1. The van der Waals surface area contributed by atoms with Gasteiger partial charge in [-0.1, -0.05) is 29.8 Å². The first-order valence-electron chi connectivity index (χ1n) is 12.0. The molecule has 2 N–H and O–H groups in total. The van der Waals surface area contributed by atoms with Crippen molar-refractivity contribution in [3.05, 3.63) is 88.4 Å². The van der Waals surface area contributed by atoms with Crippen LogP contribution in [-0.4, -0.2) is 44.1 Å². The lowest BCUT2D eigenvalue weighted by Crippen LogP contribution is -2.46. The lowest BCUT2D eigenvalue weighted by Gasteiger charge is -2.26. The van der Waals surface area contributed by atoms with Crippen LogP contribution in [-0.2, 0) is 20.2 Å². The summed E-state index contributed by atoms with van der Waals surface area (Å²) in [7, 11) is -4.37. The average molecular weight is 557 g/mol. The monoisotopic (exact) mass is 556 g/mol. The zero-order chi connectivity index (χ0) is 27.9. The van der Waals surface area contributed by atoms with E-state index in [-0.39, 0.29) is 22.8 Å². The van der Waals surface area contributed by atoms with E-state index < -0.39 is 32.8 Å². The third-order valence-electron chi connectivity index (χ3n) is 6.56. The topological polar surface area (TPSA) is 113 Å². The van der Waals surface area contributed by atoms with Crippen molar-refractivity contribution >= 4 is 39.1 Å². The number of nitrogens with zero attached hydrogens (tertiary/aromatic N) is 1. The Balaban J connectivity index is 1.80. The van der Waals surface area contributed by atoms with Crippen LogP contribution in [0.25, 0.3) is 0 Å². The van der Waals surface area contributed by atoms with E-state index in [1.54, 1.807) is 63.2 Å². The van der Waals surface area contributed by atoms with E-state index >= 15 is 0 Å². The first-order valence-corrected chi connectivity index (χ1v) is 13.8. The van der Waals surface area contributed by atoms with Gasteiger partial charge in [-0.05, 0) is 81.8 Å². The van der Waals surface area contributed by atoms with Crippen LogP contribution in [0.1, 0.15) is 49.2 Å². The average Bonchev–Trinajstić information content (AvgIpc) is 3.11. The number of amides is 2. The van der Waals surface area contributed by atoms with Gasteiger partial charge in [-0.25, -0.2) is 12.7 Å². The molecule has 1 heterocycles. The largest absolute Gasteiger partial charge is 0.494 e. The zero-order valence-electron chi connectivity index (χ0n) is 21.5. The highest BCUT2D eigenvalue weighted by Crippen LogP contribution is 2.50. The molecule has 0 aliphatic carbocycles. The van der Waals surface area contributed by atoms with Crippen LogP contribution in [0.15, 0.2) is 71.6 Å². The number of benzene rings is 3. The molecule has 1 aliphatic heterocycles. The highest BCUT2D eigenvalue weighted by molar-refractivity contribution is 7.93. The highest BCUT2D eigenvalue weighted by Gasteiger charge is 2.54. The van der Waals surface area contributed by atoms with Crippen LogP contribution >= 0.6 is 11.6 Å². The van der Waals surface area contributed by atoms with Crippen LogP contribution in [0.2, 0.25) is 5.02 Å². The molecular weight excluding hydrogens is 528 g/mol. The summed E-state index contributed by atoms with van der Waals surface area (Å²) in [6, 6.07) is 17.0. The normalized spacial score (nSPS) is 17.3. The summed E-state index contributed by atoms with van der Waals surface area (Å²) in [5, 5.41) is 12.4. The number of rotatable bonds is 8. The van der Waals surface area contributed by atoms with Crippen LogP contribution in [0.3, 0.4) is 0 Å². The summed E-state index contributed by atoms with van der Waals surface area (Å²) in [5.41, 5.74) is -0.918. The number of sulfonamides is 1. The molecule has 2 amide bonds. The predicted molar refractivity (Wildman–Crippen MR) is 145 cm³/mol. The van der Waals surface area contributed by atoms with Gasteiger partial charge in [0.25, 0.3) is 21.8 Å². The molecule has 0 bridgehead atoms. The minimum Gasteiger partial charge on any atom is -0.494 e. The van der Waals surface area contributed by atoms with Crippen LogP contribution < -0.4 is 14.4 Å². The fourth-order valence-corrected chi connectivity index (χ4v) is 6.28. The summed E-state index contributed by atoms with van der Waals surface area (Å²) >= 11 is 6.50. The molecule has 4 rings (SSSR count). The molecule has 0 aromatic heterocycles. The fraction of sp³-hybridized carbons (Fsp3) is 0.286. The summed E-state index contributed by atoms with van der Waals surface area (Å²) in [4.78, 5) is 26.4. The smallest absolute Gasteiger partial charge is 0.270 e. The zero-order valence-corrected chi connectivity index (χ0v) is 23.1. The second kappa shape index (κ2) is 10.1. The molecule has 3 aromatic rings. The summed E-state index contributed by atoms with van der Waals surface area (Å²) < 4.78 is 34.2. The first-order chi connectivity index (χ1) is 17.9. The number of nitrogens with one attached hydrogen (secondary N) is 1. The molecule has 200 valence electrons. The Bertz CT molecular complexity index is 1500. The number of anilines is 1. The predicted octanol–water partition coefficient (Wildman–Crippen LogP) is 4.28. The van der Waals surface area contributed by atoms with E-state index in [1.807, 2.05) is 6.92 Å². The molecule has 1 atom stereocenters. The van der Waals surface area contributed by atoms with Gasteiger partial charge in [-0.15, -0.1) is 0 Å². The number of fused-ring (bicyclic) bond motifs is 1. The molecule has 1 unspecified atom stereocenters. The van der Waals surface area contributed by atoms with E-state index in [1.165, 1.54) is 24.3 Å². The van der Waals surface area contributed by atoms with Crippen molar-refractivity contribution in [2.45, 2.75) is 43.5 Å². The van der Waals surface area contributed by atoms with Gasteiger partial charge in [0.05, 0.1) is 29.3 Å². The highest BCUT2D eigenvalue weighted by atomic mass is 35.5. The molecule has 3 aromatic carbocycles. The Hall–Kier alpha value is -3.40. The van der Waals surface area contributed by atoms with Crippen LogP contribution in [0.4, 0.5) is 5.69 Å². The van der Waals surface area contributed by atoms with Crippen molar-refractivity contribution in [2.24, 2.45) is 0 Å². The minimum absolute atomic E-state index is 0.160. The maximum absolute atomic E-state index is 14.1. The first kappa shape index (κ1) is 27.6. The van der Waals surface area contributed by atoms with E-state index in [9.17, 15) is 23.1 Å². The maximum atomic E-state index is 14.1. The number of halogens is 1. The SMILES string of the molecule is CCOc1ccc2c(c1)C(C)(c1ccccc1Cl)C(=O)N2S(=O)(=O)c1ccc(C(=O)NC(C)(C)CO)cc1. The van der Waals surface area contributed by atoms with E-state index in [0.717, 1.165) is 4.31 Å². The second-order valence-corrected chi connectivity index (χ2v) is 12.0. The molecule has 38 heavy (non-hydrogen) atoms. The molecular formula is C28H29ClN2O6S. The third-order valence-corrected chi connectivity index (χ3v) is 8.60. The molecule has 8 nitrogen and oxygen atoms in total. The Morgan fingerprint density at radius 3 is 2.34 bits per heavy atom. The second-order valence-electron chi connectivity index (χ2n) is 9.81. The Morgan fingerprint density at radius 2 is 1.74 bits per heavy atom. The van der Waals surface area contributed by atoms with Crippen molar-refractivity contribution in [2.75, 3.05) is 17.5 Å². The number of hydrogen-bond donors (Lipinski definition) is 2. The van der Waals surface area contributed by atoms with Gasteiger partial charge in [0.1, 0.15) is 11.2 Å². The Kier molecular flexibility index (Phi) is 7.31. The van der Waals surface area contributed by atoms with Crippen molar-refractivity contribution in [3.8, 4) is 5.75 Å². The Labute approximate surface area is 227 Å². The number of ether oxygens (including phenoxy) is 1. The van der Waals surface area contributed by atoms with Crippen molar-refractivity contribution in [3.63, 3.8) is 0 Å². The third kappa shape index (κ3) is 4.66. The summed E-state index contributed by atoms with van der Waals surface area (Å²) in [6.07, 6.45) is 0. The van der Waals surface area contributed by atoms with Gasteiger partial charge in [0.2, 0.25) is 0 Å². The molecule has 10 heteroatoms. The van der Waals surface area contributed by atoms with Crippen LogP contribution in [0, 0.1) is 0 Å². The standard InChI is InChI=1S/C28H29ClN2O6S/c1-5-37-19-12-15-24-22(16-19)28(4,21-8-6-7-9-23(21)29)26(34)31(24)38(35,36)20-13-10-18(11-14-20)25(33)30-27(2,3)17-32/h6-16,32H,5,17H2,1-4H3,(H,30,33). The number of carbonyl (C=O) groups is 2. The minimum atomic E-state index is -4.37. The van der Waals surface area contributed by atoms with Crippen molar-refractivity contribution < 1.29 is 27.9 Å². The summed E-state index contributed by atoms with van der Waals surface area (Å²) in [6.45, 7) is 6.93. The van der Waals surface area contributed by atoms with Crippen molar-refractivity contribution in [1.29, 1.82) is 0 Å². The van der Waals surface area contributed by atoms with Crippen LogP contribution in [0.5, 0.6) is 5.75 Å². The molecule has 0 fully saturated rings. The maximum Gasteiger partial charge on any atom is 0.270 e. The van der Waals surface area contributed by atoms with Gasteiger partial charge in [-0.2, -0.15) is 0 Å². The Morgan fingerprint density at radius 1 is 1.08 bits per heavy atom. The van der Waals surface area contributed by atoms with Gasteiger partial charge in [0, 0.05) is 16.1 Å². The number of carbonyl (C=O) groups excluding carboxylic acids is 2. The van der Waals surface area contributed by atoms with E-state index in [0.29, 0.717) is 28.5 Å². The van der Waals surface area contributed by atoms with Gasteiger partial charge in [0.15, 0.2) is 0 Å². The number of aliphatic hydroxyl groups is 1. The molecule has 1 aliphatic rings. The summed E-state index contributed by atoms with van der Waals surface area (Å²) in [5.74, 6) is -0.649. The van der Waals surface area contributed by atoms with Gasteiger partial charge >= 0.3 is 0 Å². The molecule has 0 saturated carbocycles. The number of hydrogen-bond acceptors (Lipinski definition) is 6. The lowest BCUT2D eigenvalue weighted by molar-refractivity contribution is -0.120. The van der Waals surface area contributed by atoms with E-state index in [4.69, 9.17) is 16.3 Å². The van der Waals surface area contributed by atoms with Crippen molar-refractivity contribution in [1.82, 2.24) is 5.32 Å². The fourth-order valence-electron chi connectivity index (χ4n) is 4.45. The van der Waals surface area contributed by atoms with E-state index in [2.05, 4.69) is 5.32 Å². The lowest BCUT2D eigenvalue weighted by atomic mass is 9.77. The quantitative estimate of drug-likeness (QED) is 0.428. The van der Waals surface area contributed by atoms with Gasteiger partial charge < -0.3 is 15.2 Å². The molecule has 0 radical (unpaired) electrons. The molecule has 0 saturated heterocycles. The molecule has 0 spiro atoms. The van der Waals surface area contributed by atoms with Gasteiger partial charge in [-0.3, -0.25) is 9.59 Å².